The number of aromatic nitrogens is 4. The molecule has 8 nitrogen and oxygen atoms in total. The maximum Gasteiger partial charge on any atom is 0.260 e. The number of nitrogen functional groups attached to an aromatic ring is 1. The van der Waals surface area contributed by atoms with Crippen LogP contribution in [0.5, 0.6) is 11.5 Å². The Hall–Kier alpha value is -2.78. The van der Waals surface area contributed by atoms with Gasteiger partial charge in [0.2, 0.25) is 0 Å². The van der Waals surface area contributed by atoms with Gasteiger partial charge < -0.3 is 20.6 Å². The van der Waals surface area contributed by atoms with Gasteiger partial charge in [-0.3, -0.25) is 0 Å². The SMILES string of the molecule is COc1cc(CNn2nnnc2N)cc(Cl)c1OCc1ccc(F)cc1Cl. The van der Waals surface area contributed by atoms with Crippen molar-refractivity contribution in [2.24, 2.45) is 0 Å². The predicted octanol–water partition coefficient (Wildman–Crippen LogP) is 3.03. The second-order valence-corrected chi connectivity index (χ2v) is 6.23. The van der Waals surface area contributed by atoms with E-state index in [1.165, 1.54) is 24.0 Å². The van der Waals surface area contributed by atoms with E-state index in [4.69, 9.17) is 38.4 Å². The number of hydrogen-bond acceptors (Lipinski definition) is 7. The van der Waals surface area contributed by atoms with Crippen LogP contribution in [0.15, 0.2) is 30.3 Å². The number of methoxy groups -OCH3 is 1. The lowest BCUT2D eigenvalue weighted by molar-refractivity contribution is 0.284. The smallest absolute Gasteiger partial charge is 0.260 e. The summed E-state index contributed by atoms with van der Waals surface area (Å²) < 4.78 is 24.3. The van der Waals surface area contributed by atoms with Crippen molar-refractivity contribution in [1.82, 2.24) is 20.3 Å². The van der Waals surface area contributed by atoms with Crippen LogP contribution in [0.1, 0.15) is 11.1 Å². The molecule has 3 rings (SSSR count). The summed E-state index contributed by atoms with van der Waals surface area (Å²) in [6.07, 6.45) is 0. The Morgan fingerprint density at radius 1 is 1.22 bits per heavy atom. The minimum Gasteiger partial charge on any atom is -0.493 e. The van der Waals surface area contributed by atoms with Crippen molar-refractivity contribution < 1.29 is 13.9 Å². The Kier molecular flexibility index (Phi) is 5.82. The maximum absolute atomic E-state index is 13.1. The third-order valence-corrected chi connectivity index (χ3v) is 4.24. The fraction of sp³-hybridized carbons (Fsp3) is 0.188. The molecule has 2 aromatic carbocycles. The van der Waals surface area contributed by atoms with E-state index < -0.39 is 5.82 Å². The Morgan fingerprint density at radius 2 is 2.04 bits per heavy atom. The molecule has 142 valence electrons. The summed E-state index contributed by atoms with van der Waals surface area (Å²) in [6.45, 7) is 0.448. The van der Waals surface area contributed by atoms with E-state index in [9.17, 15) is 4.39 Å². The zero-order chi connectivity index (χ0) is 19.4. The first kappa shape index (κ1) is 19.0. The molecule has 27 heavy (non-hydrogen) atoms. The number of nitrogens with zero attached hydrogens (tertiary/aromatic N) is 4. The number of nitrogens with two attached hydrogens (primary N) is 1. The summed E-state index contributed by atoms with van der Waals surface area (Å²) in [5.41, 5.74) is 9.93. The van der Waals surface area contributed by atoms with Crippen LogP contribution in [-0.4, -0.2) is 27.4 Å². The molecule has 0 aliphatic rings. The van der Waals surface area contributed by atoms with Crippen molar-refractivity contribution in [3.05, 3.63) is 57.3 Å². The molecule has 0 fully saturated rings. The zero-order valence-electron chi connectivity index (χ0n) is 14.1. The lowest BCUT2D eigenvalue weighted by Crippen LogP contribution is -2.18. The summed E-state index contributed by atoms with van der Waals surface area (Å²) >= 11 is 12.4. The Bertz CT molecular complexity index is 953. The molecule has 0 saturated carbocycles. The normalized spacial score (nSPS) is 10.7. The second kappa shape index (κ2) is 8.28. The van der Waals surface area contributed by atoms with Crippen molar-refractivity contribution in [3.8, 4) is 11.5 Å². The Labute approximate surface area is 163 Å². The predicted molar refractivity (Wildman–Crippen MR) is 99.0 cm³/mol. The van der Waals surface area contributed by atoms with Gasteiger partial charge in [0.1, 0.15) is 12.4 Å². The molecule has 3 aromatic rings. The molecule has 0 spiro atoms. The van der Waals surface area contributed by atoms with Gasteiger partial charge in [-0.25, -0.2) is 4.39 Å². The number of rotatable bonds is 7. The summed E-state index contributed by atoms with van der Waals surface area (Å²) in [7, 11) is 1.50. The van der Waals surface area contributed by atoms with E-state index in [0.29, 0.717) is 28.6 Å². The van der Waals surface area contributed by atoms with E-state index in [2.05, 4.69) is 21.0 Å². The lowest BCUT2D eigenvalue weighted by Gasteiger charge is -2.15. The number of ether oxygens (including phenoxy) is 2. The Morgan fingerprint density at radius 3 is 2.70 bits per heavy atom. The van der Waals surface area contributed by atoms with Gasteiger partial charge in [0.05, 0.1) is 23.7 Å². The average molecular weight is 413 g/mol. The van der Waals surface area contributed by atoms with Gasteiger partial charge in [-0.2, -0.15) is 0 Å². The van der Waals surface area contributed by atoms with Gasteiger partial charge in [0.25, 0.3) is 5.95 Å². The number of hydrogen-bond donors (Lipinski definition) is 2. The lowest BCUT2D eigenvalue weighted by atomic mass is 10.2. The van der Waals surface area contributed by atoms with Crippen LogP contribution in [0.25, 0.3) is 0 Å². The third kappa shape index (κ3) is 4.50. The number of anilines is 1. The minimum atomic E-state index is -0.417. The summed E-state index contributed by atoms with van der Waals surface area (Å²) in [6, 6.07) is 7.54. The number of halogens is 3. The fourth-order valence-corrected chi connectivity index (χ4v) is 2.79. The monoisotopic (exact) mass is 412 g/mol. The van der Waals surface area contributed by atoms with Gasteiger partial charge in [0, 0.05) is 5.56 Å². The van der Waals surface area contributed by atoms with Crippen LogP contribution in [-0.2, 0) is 13.2 Å². The molecule has 0 radical (unpaired) electrons. The van der Waals surface area contributed by atoms with E-state index in [1.807, 2.05) is 0 Å². The van der Waals surface area contributed by atoms with E-state index in [-0.39, 0.29) is 17.6 Å². The summed E-state index contributed by atoms with van der Waals surface area (Å²) in [5, 5.41) is 11.3. The molecule has 0 saturated heterocycles. The summed E-state index contributed by atoms with van der Waals surface area (Å²) in [5.74, 6) is 0.496. The second-order valence-electron chi connectivity index (χ2n) is 5.42. The van der Waals surface area contributed by atoms with Crippen LogP contribution in [0.3, 0.4) is 0 Å². The van der Waals surface area contributed by atoms with Crippen LogP contribution in [0, 0.1) is 5.82 Å². The maximum atomic E-state index is 13.1. The molecule has 0 unspecified atom stereocenters. The third-order valence-electron chi connectivity index (χ3n) is 3.60. The van der Waals surface area contributed by atoms with E-state index >= 15 is 0 Å². The molecule has 11 heteroatoms. The molecule has 1 aromatic heterocycles. The Balaban J connectivity index is 1.74. The molecular weight excluding hydrogens is 398 g/mol. The van der Waals surface area contributed by atoms with Crippen molar-refractivity contribution in [2.75, 3.05) is 18.3 Å². The van der Waals surface area contributed by atoms with Gasteiger partial charge in [0.15, 0.2) is 11.5 Å². The summed E-state index contributed by atoms with van der Waals surface area (Å²) in [4.78, 5) is 1.24. The van der Waals surface area contributed by atoms with Crippen molar-refractivity contribution >= 4 is 29.2 Å². The first-order chi connectivity index (χ1) is 13.0. The molecule has 0 amide bonds. The largest absolute Gasteiger partial charge is 0.493 e. The van der Waals surface area contributed by atoms with Crippen molar-refractivity contribution in [1.29, 1.82) is 0 Å². The first-order valence-electron chi connectivity index (χ1n) is 7.69. The number of benzene rings is 2. The van der Waals surface area contributed by atoms with Crippen LogP contribution >= 0.6 is 23.2 Å². The van der Waals surface area contributed by atoms with Gasteiger partial charge in [-0.1, -0.05) is 34.4 Å². The molecular formula is C16H15Cl2FN6O2. The minimum absolute atomic E-state index is 0.105. The molecule has 0 atom stereocenters. The molecule has 1 heterocycles. The van der Waals surface area contributed by atoms with Crippen LogP contribution in [0.4, 0.5) is 10.3 Å². The first-order valence-corrected chi connectivity index (χ1v) is 8.44. The highest BCUT2D eigenvalue weighted by Gasteiger charge is 2.14. The molecule has 3 N–H and O–H groups in total. The standard InChI is InChI=1S/C16H15Cl2FN6O2/c1-26-14-5-9(7-21-25-16(20)22-23-24-25)4-13(18)15(14)27-8-10-2-3-11(19)6-12(10)17/h2-6,21H,7-8H2,1H3,(H2,20,22,24). The fourth-order valence-electron chi connectivity index (χ4n) is 2.28. The topological polar surface area (TPSA) is 100 Å². The average Bonchev–Trinajstić information content (AvgIpc) is 3.05. The molecule has 0 bridgehead atoms. The van der Waals surface area contributed by atoms with Crippen molar-refractivity contribution in [3.63, 3.8) is 0 Å². The molecule has 0 aliphatic heterocycles. The van der Waals surface area contributed by atoms with Gasteiger partial charge in [-0.05, 0) is 40.3 Å². The van der Waals surface area contributed by atoms with Crippen LogP contribution in [0.2, 0.25) is 10.0 Å². The number of tetrazole rings is 1. The van der Waals surface area contributed by atoms with Crippen molar-refractivity contribution in [2.45, 2.75) is 13.2 Å². The highest BCUT2D eigenvalue weighted by atomic mass is 35.5. The van der Waals surface area contributed by atoms with Gasteiger partial charge in [-0.15, -0.1) is 4.79 Å². The number of nitrogens with one attached hydrogen (secondary N) is 1. The van der Waals surface area contributed by atoms with E-state index in [1.54, 1.807) is 18.2 Å². The molecule has 0 aliphatic carbocycles. The highest BCUT2D eigenvalue weighted by Crippen LogP contribution is 2.37. The zero-order valence-corrected chi connectivity index (χ0v) is 15.6. The van der Waals surface area contributed by atoms with Gasteiger partial charge >= 0.3 is 0 Å². The van der Waals surface area contributed by atoms with Crippen LogP contribution < -0.4 is 20.6 Å². The van der Waals surface area contributed by atoms with E-state index in [0.717, 1.165) is 5.56 Å². The quantitative estimate of drug-likeness (QED) is 0.614. The highest BCUT2D eigenvalue weighted by molar-refractivity contribution is 6.32.